The van der Waals surface area contributed by atoms with Gasteiger partial charge in [-0.25, -0.2) is 10.3 Å². The Labute approximate surface area is 101 Å². The molecule has 0 bridgehead atoms. The Bertz CT molecular complexity index is 317. The van der Waals surface area contributed by atoms with Crippen molar-refractivity contribution < 1.29 is 9.63 Å². The molecule has 1 rings (SSSR count). The molecule has 0 aromatic heterocycles. The van der Waals surface area contributed by atoms with Crippen LogP contribution in [0.15, 0.2) is 30.3 Å². The van der Waals surface area contributed by atoms with Gasteiger partial charge in [0.15, 0.2) is 0 Å². The number of amides is 2. The average molecular weight is 237 g/mol. The first-order valence-corrected chi connectivity index (χ1v) is 5.72. The van der Waals surface area contributed by atoms with Crippen molar-refractivity contribution in [3.05, 3.63) is 35.9 Å². The smallest absolute Gasteiger partial charge is 0.336 e. The number of carbonyl (C=O) groups is 1. The molecule has 4 N–H and O–H groups in total. The van der Waals surface area contributed by atoms with Crippen LogP contribution < -0.4 is 16.5 Å². The number of hydrogen-bond acceptors (Lipinski definition) is 3. The lowest BCUT2D eigenvalue weighted by molar-refractivity contribution is 0.0491. The molecule has 2 amide bonds. The molecule has 0 unspecified atom stereocenters. The number of carbonyl (C=O) groups excluding carboxylic acids is 1. The molecule has 0 aliphatic rings. The zero-order valence-corrected chi connectivity index (χ0v) is 9.82. The van der Waals surface area contributed by atoms with E-state index < -0.39 is 0 Å². The van der Waals surface area contributed by atoms with Gasteiger partial charge in [0.05, 0.1) is 6.61 Å². The van der Waals surface area contributed by atoms with Gasteiger partial charge in [-0.05, 0) is 24.9 Å². The van der Waals surface area contributed by atoms with E-state index in [-0.39, 0.29) is 6.03 Å². The minimum absolute atomic E-state index is 0.321. The zero-order valence-electron chi connectivity index (χ0n) is 9.82. The maximum absolute atomic E-state index is 11.2. The van der Waals surface area contributed by atoms with Crippen LogP contribution >= 0.6 is 0 Å². The van der Waals surface area contributed by atoms with Crippen LogP contribution in [-0.4, -0.2) is 19.1 Å². The molecule has 0 radical (unpaired) electrons. The molecule has 0 atom stereocenters. The highest BCUT2D eigenvalue weighted by atomic mass is 16.7. The van der Waals surface area contributed by atoms with Crippen molar-refractivity contribution in [1.82, 2.24) is 10.8 Å². The number of urea groups is 1. The Kier molecular flexibility index (Phi) is 6.78. The van der Waals surface area contributed by atoms with Crippen LogP contribution in [-0.2, 0) is 11.4 Å². The molecule has 94 valence electrons. The first-order chi connectivity index (χ1) is 8.33. The molecule has 1 aromatic rings. The maximum atomic E-state index is 11.2. The molecule has 0 aliphatic heterocycles. The number of hydroxylamine groups is 1. The van der Waals surface area contributed by atoms with Gasteiger partial charge in [0.1, 0.15) is 0 Å². The molecule has 5 heteroatoms. The average Bonchev–Trinajstić information content (AvgIpc) is 2.36. The predicted octanol–water partition coefficient (Wildman–Crippen LogP) is 1.16. The van der Waals surface area contributed by atoms with Gasteiger partial charge in [0, 0.05) is 6.54 Å². The molecule has 5 nitrogen and oxygen atoms in total. The number of hydrogen-bond donors (Lipinski definition) is 3. The summed E-state index contributed by atoms with van der Waals surface area (Å²) in [5.74, 6) is 0. The number of rotatable bonds is 7. The van der Waals surface area contributed by atoms with E-state index in [9.17, 15) is 4.79 Å². The monoisotopic (exact) mass is 237 g/mol. The third-order valence-electron chi connectivity index (χ3n) is 2.16. The second-order valence-electron chi connectivity index (χ2n) is 3.63. The van der Waals surface area contributed by atoms with E-state index in [1.165, 1.54) is 0 Å². The van der Waals surface area contributed by atoms with Gasteiger partial charge in [0.25, 0.3) is 0 Å². The minimum Gasteiger partial charge on any atom is -0.336 e. The summed E-state index contributed by atoms with van der Waals surface area (Å²) in [7, 11) is 0. The summed E-state index contributed by atoms with van der Waals surface area (Å²) >= 11 is 0. The number of benzene rings is 1. The van der Waals surface area contributed by atoms with E-state index in [0.29, 0.717) is 19.7 Å². The highest BCUT2D eigenvalue weighted by Gasteiger charge is 1.98. The highest BCUT2D eigenvalue weighted by molar-refractivity contribution is 5.72. The topological polar surface area (TPSA) is 76.4 Å². The van der Waals surface area contributed by atoms with E-state index in [2.05, 4.69) is 10.8 Å². The van der Waals surface area contributed by atoms with E-state index in [1.807, 2.05) is 30.3 Å². The van der Waals surface area contributed by atoms with Crippen molar-refractivity contribution >= 4 is 6.03 Å². The molecule has 17 heavy (non-hydrogen) atoms. The maximum Gasteiger partial charge on any atom is 0.338 e. The van der Waals surface area contributed by atoms with Gasteiger partial charge < -0.3 is 11.1 Å². The quantitative estimate of drug-likeness (QED) is 0.492. The highest BCUT2D eigenvalue weighted by Crippen LogP contribution is 1.98. The minimum atomic E-state index is -0.321. The van der Waals surface area contributed by atoms with E-state index in [1.54, 1.807) is 0 Å². The molecule has 0 fully saturated rings. The molecular weight excluding hydrogens is 218 g/mol. The summed E-state index contributed by atoms with van der Waals surface area (Å²) in [5.41, 5.74) is 8.67. The molecule has 0 saturated carbocycles. The summed E-state index contributed by atoms with van der Waals surface area (Å²) in [6.45, 7) is 1.61. The number of unbranched alkanes of at least 4 members (excludes halogenated alkanes) is 1. The standard InChI is InChI=1S/C12H19N3O2/c13-8-4-5-9-14-12(16)15-17-10-11-6-2-1-3-7-11/h1-3,6-7H,4-5,8-10,13H2,(H2,14,15,16). The fraction of sp³-hybridized carbons (Fsp3) is 0.417. The van der Waals surface area contributed by atoms with Gasteiger partial charge in [0.2, 0.25) is 0 Å². The SMILES string of the molecule is NCCCCNC(=O)NOCc1ccccc1. The van der Waals surface area contributed by atoms with Crippen LogP contribution in [0.5, 0.6) is 0 Å². The van der Waals surface area contributed by atoms with Gasteiger partial charge in [-0.3, -0.25) is 4.84 Å². The van der Waals surface area contributed by atoms with E-state index in [0.717, 1.165) is 18.4 Å². The van der Waals surface area contributed by atoms with Crippen LogP contribution in [0, 0.1) is 0 Å². The lowest BCUT2D eigenvalue weighted by Gasteiger charge is -2.07. The largest absolute Gasteiger partial charge is 0.338 e. The van der Waals surface area contributed by atoms with Crippen LogP contribution in [0.1, 0.15) is 18.4 Å². The summed E-state index contributed by atoms with van der Waals surface area (Å²) in [6.07, 6.45) is 1.79. The molecule has 0 aliphatic carbocycles. The Morgan fingerprint density at radius 1 is 1.24 bits per heavy atom. The van der Waals surface area contributed by atoms with Crippen LogP contribution in [0.4, 0.5) is 4.79 Å². The molecule has 0 spiro atoms. The number of nitrogens with one attached hydrogen (secondary N) is 2. The normalized spacial score (nSPS) is 9.94. The first-order valence-electron chi connectivity index (χ1n) is 5.72. The Balaban J connectivity index is 2.04. The van der Waals surface area contributed by atoms with Crippen molar-refractivity contribution in [2.45, 2.75) is 19.4 Å². The van der Waals surface area contributed by atoms with Crippen molar-refractivity contribution in [2.75, 3.05) is 13.1 Å². The molecular formula is C12H19N3O2. The Morgan fingerprint density at radius 2 is 2.00 bits per heavy atom. The van der Waals surface area contributed by atoms with Crippen LogP contribution in [0.3, 0.4) is 0 Å². The number of nitrogens with two attached hydrogens (primary N) is 1. The van der Waals surface area contributed by atoms with Gasteiger partial charge in [-0.2, -0.15) is 0 Å². The Hall–Kier alpha value is -1.59. The third kappa shape index (κ3) is 6.55. The molecule has 0 saturated heterocycles. The molecule has 1 aromatic carbocycles. The van der Waals surface area contributed by atoms with Crippen molar-refractivity contribution in [1.29, 1.82) is 0 Å². The van der Waals surface area contributed by atoms with E-state index >= 15 is 0 Å². The van der Waals surface area contributed by atoms with E-state index in [4.69, 9.17) is 10.6 Å². The lowest BCUT2D eigenvalue weighted by Crippen LogP contribution is -2.36. The fourth-order valence-electron chi connectivity index (χ4n) is 1.27. The molecule has 0 heterocycles. The summed E-state index contributed by atoms with van der Waals surface area (Å²) in [4.78, 5) is 16.3. The second-order valence-corrected chi connectivity index (χ2v) is 3.63. The lowest BCUT2D eigenvalue weighted by atomic mass is 10.2. The van der Waals surface area contributed by atoms with Crippen molar-refractivity contribution in [3.8, 4) is 0 Å². The van der Waals surface area contributed by atoms with Gasteiger partial charge in [-0.15, -0.1) is 0 Å². The van der Waals surface area contributed by atoms with Crippen molar-refractivity contribution in [3.63, 3.8) is 0 Å². The fourth-order valence-corrected chi connectivity index (χ4v) is 1.27. The van der Waals surface area contributed by atoms with Gasteiger partial charge in [-0.1, -0.05) is 30.3 Å². The summed E-state index contributed by atoms with van der Waals surface area (Å²) < 4.78 is 0. The van der Waals surface area contributed by atoms with Gasteiger partial charge >= 0.3 is 6.03 Å². The van der Waals surface area contributed by atoms with Crippen LogP contribution in [0.25, 0.3) is 0 Å². The van der Waals surface area contributed by atoms with Crippen LogP contribution in [0.2, 0.25) is 0 Å². The zero-order chi connectivity index (χ0) is 12.3. The summed E-state index contributed by atoms with van der Waals surface area (Å²) in [5, 5.41) is 2.67. The first kappa shape index (κ1) is 13.5. The predicted molar refractivity (Wildman–Crippen MR) is 66.1 cm³/mol. The second kappa shape index (κ2) is 8.55. The van der Waals surface area contributed by atoms with Crippen molar-refractivity contribution in [2.24, 2.45) is 5.73 Å². The third-order valence-corrected chi connectivity index (χ3v) is 2.16. The summed E-state index contributed by atoms with van der Waals surface area (Å²) in [6, 6.07) is 9.32. The Morgan fingerprint density at radius 3 is 2.71 bits per heavy atom.